The molecule has 5 heteroatoms. The standard InChI is InChI=1S/C11H12F2N2O/c1-15(10-5-14-6-10)11(16)7-2-8(12)4-9(13)3-7/h2-4,10,14H,5-6H2,1H3. The summed E-state index contributed by atoms with van der Waals surface area (Å²) in [5, 5.41) is 3.03. The van der Waals surface area contributed by atoms with Crippen LogP contribution in [0.25, 0.3) is 0 Å². The monoisotopic (exact) mass is 226 g/mol. The molecular formula is C11H12F2N2O. The van der Waals surface area contributed by atoms with Crippen molar-refractivity contribution in [3.05, 3.63) is 35.4 Å². The fourth-order valence-electron chi connectivity index (χ4n) is 1.59. The van der Waals surface area contributed by atoms with E-state index in [0.29, 0.717) is 0 Å². The quantitative estimate of drug-likeness (QED) is 0.816. The van der Waals surface area contributed by atoms with Gasteiger partial charge in [0.15, 0.2) is 0 Å². The lowest BCUT2D eigenvalue weighted by molar-refractivity contribution is 0.0680. The van der Waals surface area contributed by atoms with E-state index in [1.165, 1.54) is 4.90 Å². The number of likely N-dealkylation sites (N-methyl/N-ethyl adjacent to an activating group) is 1. The summed E-state index contributed by atoms with van der Waals surface area (Å²) >= 11 is 0. The predicted octanol–water partition coefficient (Wildman–Crippen LogP) is 1.01. The van der Waals surface area contributed by atoms with Crippen LogP contribution in [0.2, 0.25) is 0 Å². The van der Waals surface area contributed by atoms with E-state index in [1.807, 2.05) is 0 Å². The van der Waals surface area contributed by atoms with Gasteiger partial charge in [-0.05, 0) is 12.1 Å². The molecule has 1 aromatic rings. The molecule has 1 aliphatic heterocycles. The fraction of sp³-hybridized carbons (Fsp3) is 0.364. The third kappa shape index (κ3) is 2.04. The summed E-state index contributed by atoms with van der Waals surface area (Å²) in [7, 11) is 1.64. The van der Waals surface area contributed by atoms with E-state index < -0.39 is 11.6 Å². The average Bonchev–Trinajstić information content (AvgIpc) is 2.12. The predicted molar refractivity (Wildman–Crippen MR) is 55.1 cm³/mol. The number of halogens is 2. The van der Waals surface area contributed by atoms with Gasteiger partial charge in [0.05, 0.1) is 6.04 Å². The number of nitrogens with one attached hydrogen (secondary N) is 1. The molecule has 86 valence electrons. The highest BCUT2D eigenvalue weighted by molar-refractivity contribution is 5.94. The van der Waals surface area contributed by atoms with Crippen LogP contribution in [0.15, 0.2) is 18.2 Å². The molecule has 3 nitrogen and oxygen atoms in total. The number of carbonyl (C=O) groups excluding carboxylic acids is 1. The molecule has 1 amide bonds. The first-order valence-corrected chi connectivity index (χ1v) is 5.02. The number of carbonyl (C=O) groups is 1. The average molecular weight is 226 g/mol. The zero-order valence-corrected chi connectivity index (χ0v) is 8.84. The van der Waals surface area contributed by atoms with Crippen LogP contribution >= 0.6 is 0 Å². The lowest BCUT2D eigenvalue weighted by Crippen LogP contribution is -2.57. The third-order valence-electron chi connectivity index (χ3n) is 2.74. The minimum Gasteiger partial charge on any atom is -0.336 e. The first-order chi connectivity index (χ1) is 7.58. The van der Waals surface area contributed by atoms with Crippen molar-refractivity contribution in [2.75, 3.05) is 20.1 Å². The normalized spacial score (nSPS) is 15.7. The first-order valence-electron chi connectivity index (χ1n) is 5.02. The zero-order valence-electron chi connectivity index (χ0n) is 8.84. The summed E-state index contributed by atoms with van der Waals surface area (Å²) in [6.45, 7) is 1.44. The van der Waals surface area contributed by atoms with E-state index >= 15 is 0 Å². The molecule has 1 N–H and O–H groups in total. The molecule has 1 fully saturated rings. The maximum Gasteiger partial charge on any atom is 0.254 e. The Morgan fingerprint density at radius 2 is 1.88 bits per heavy atom. The molecule has 1 aromatic carbocycles. The minimum absolute atomic E-state index is 0.0481. The number of rotatable bonds is 2. The van der Waals surface area contributed by atoms with Crippen LogP contribution in [0.5, 0.6) is 0 Å². The molecule has 2 rings (SSSR count). The SMILES string of the molecule is CN(C(=O)c1cc(F)cc(F)c1)C1CNC1. The van der Waals surface area contributed by atoms with Gasteiger partial charge in [-0.25, -0.2) is 8.78 Å². The van der Waals surface area contributed by atoms with Gasteiger partial charge in [0.25, 0.3) is 5.91 Å². The molecule has 0 radical (unpaired) electrons. The van der Waals surface area contributed by atoms with Crippen molar-refractivity contribution in [3.8, 4) is 0 Å². The summed E-state index contributed by atoms with van der Waals surface area (Å²) in [5.41, 5.74) is 0.0481. The van der Waals surface area contributed by atoms with Crippen molar-refractivity contribution in [3.63, 3.8) is 0 Å². The Hall–Kier alpha value is -1.49. The number of hydrogen-bond acceptors (Lipinski definition) is 2. The van der Waals surface area contributed by atoms with Crippen LogP contribution in [-0.2, 0) is 0 Å². The van der Waals surface area contributed by atoms with Crippen molar-refractivity contribution in [2.24, 2.45) is 0 Å². The number of amides is 1. The third-order valence-corrected chi connectivity index (χ3v) is 2.74. The van der Waals surface area contributed by atoms with E-state index in [9.17, 15) is 13.6 Å². The van der Waals surface area contributed by atoms with Gasteiger partial charge in [0.1, 0.15) is 11.6 Å². The summed E-state index contributed by atoms with van der Waals surface area (Å²) in [5.74, 6) is -1.82. The lowest BCUT2D eigenvalue weighted by atomic mass is 10.1. The molecule has 16 heavy (non-hydrogen) atoms. The summed E-state index contributed by atoms with van der Waals surface area (Å²) in [4.78, 5) is 13.4. The van der Waals surface area contributed by atoms with E-state index in [-0.39, 0.29) is 17.5 Å². The molecule has 0 aliphatic carbocycles. The van der Waals surface area contributed by atoms with Crippen molar-refractivity contribution in [1.29, 1.82) is 0 Å². The Labute approximate surface area is 92.1 Å². The Kier molecular flexibility index (Phi) is 2.87. The molecule has 1 saturated heterocycles. The molecule has 0 spiro atoms. The lowest BCUT2D eigenvalue weighted by Gasteiger charge is -2.35. The highest BCUT2D eigenvalue weighted by Crippen LogP contribution is 2.12. The smallest absolute Gasteiger partial charge is 0.254 e. The summed E-state index contributed by atoms with van der Waals surface area (Å²) in [6.07, 6.45) is 0. The Morgan fingerprint density at radius 3 is 2.31 bits per heavy atom. The minimum atomic E-state index is -0.733. The van der Waals surface area contributed by atoms with Crippen molar-refractivity contribution in [2.45, 2.75) is 6.04 Å². The largest absolute Gasteiger partial charge is 0.336 e. The number of benzene rings is 1. The zero-order chi connectivity index (χ0) is 11.7. The van der Waals surface area contributed by atoms with Gasteiger partial charge in [0.2, 0.25) is 0 Å². The Bertz CT molecular complexity index is 398. The van der Waals surface area contributed by atoms with Gasteiger partial charge < -0.3 is 10.2 Å². The topological polar surface area (TPSA) is 32.3 Å². The van der Waals surface area contributed by atoms with Crippen molar-refractivity contribution < 1.29 is 13.6 Å². The van der Waals surface area contributed by atoms with Crippen LogP contribution < -0.4 is 5.32 Å². The van der Waals surface area contributed by atoms with Crippen molar-refractivity contribution >= 4 is 5.91 Å². The second kappa shape index (κ2) is 4.17. The fourth-order valence-corrected chi connectivity index (χ4v) is 1.59. The van der Waals surface area contributed by atoms with Gasteiger partial charge in [-0.2, -0.15) is 0 Å². The molecular weight excluding hydrogens is 214 g/mol. The first kappa shape index (κ1) is 11.0. The molecule has 0 atom stereocenters. The molecule has 0 unspecified atom stereocenters. The maximum absolute atomic E-state index is 12.9. The van der Waals surface area contributed by atoms with Gasteiger partial charge in [-0.1, -0.05) is 0 Å². The molecule has 1 aliphatic rings. The van der Waals surface area contributed by atoms with Gasteiger partial charge in [0, 0.05) is 31.8 Å². The van der Waals surface area contributed by atoms with Gasteiger partial charge in [-0.3, -0.25) is 4.79 Å². The van der Waals surface area contributed by atoms with Crippen LogP contribution in [0.1, 0.15) is 10.4 Å². The number of nitrogens with zero attached hydrogens (tertiary/aromatic N) is 1. The Morgan fingerprint density at radius 1 is 1.31 bits per heavy atom. The van der Waals surface area contributed by atoms with E-state index in [4.69, 9.17) is 0 Å². The Balaban J connectivity index is 2.19. The summed E-state index contributed by atoms with van der Waals surface area (Å²) in [6, 6.07) is 2.96. The van der Waals surface area contributed by atoms with E-state index in [0.717, 1.165) is 31.3 Å². The van der Waals surface area contributed by atoms with Crippen LogP contribution in [0.4, 0.5) is 8.78 Å². The highest BCUT2D eigenvalue weighted by atomic mass is 19.1. The van der Waals surface area contributed by atoms with Crippen LogP contribution in [0, 0.1) is 11.6 Å². The molecule has 1 heterocycles. The van der Waals surface area contributed by atoms with Gasteiger partial charge >= 0.3 is 0 Å². The number of hydrogen-bond donors (Lipinski definition) is 1. The summed E-state index contributed by atoms with van der Waals surface area (Å²) < 4.78 is 25.9. The highest BCUT2D eigenvalue weighted by Gasteiger charge is 2.26. The van der Waals surface area contributed by atoms with Crippen LogP contribution in [-0.4, -0.2) is 37.0 Å². The van der Waals surface area contributed by atoms with E-state index in [1.54, 1.807) is 7.05 Å². The van der Waals surface area contributed by atoms with Crippen LogP contribution in [0.3, 0.4) is 0 Å². The molecule has 0 bridgehead atoms. The van der Waals surface area contributed by atoms with E-state index in [2.05, 4.69) is 5.32 Å². The van der Waals surface area contributed by atoms with Gasteiger partial charge in [-0.15, -0.1) is 0 Å². The van der Waals surface area contributed by atoms with Crippen molar-refractivity contribution in [1.82, 2.24) is 10.2 Å². The maximum atomic E-state index is 12.9. The second-order valence-electron chi connectivity index (χ2n) is 3.89. The molecule has 0 aromatic heterocycles. The second-order valence-corrected chi connectivity index (χ2v) is 3.89. The molecule has 0 saturated carbocycles.